The van der Waals surface area contributed by atoms with Crippen LogP contribution >= 0.6 is 23.2 Å². The lowest BCUT2D eigenvalue weighted by atomic mass is 10.1. The van der Waals surface area contributed by atoms with Gasteiger partial charge in [0.15, 0.2) is 11.6 Å². The minimum Gasteiger partial charge on any atom is -0.493 e. The number of aryl methyl sites for hydroxylation is 1. The van der Waals surface area contributed by atoms with Gasteiger partial charge < -0.3 is 10.1 Å². The zero-order chi connectivity index (χ0) is 19.6. The number of anilines is 1. The first kappa shape index (κ1) is 19.2. The van der Waals surface area contributed by atoms with Crippen molar-refractivity contribution in [2.24, 2.45) is 0 Å². The van der Waals surface area contributed by atoms with Gasteiger partial charge in [0.25, 0.3) is 0 Å². The summed E-state index contributed by atoms with van der Waals surface area (Å²) in [6.45, 7) is 3.78. The molecular formula is C19H18Cl2N4O2. The quantitative estimate of drug-likeness (QED) is 0.684. The molecule has 140 valence electrons. The molecule has 0 radical (unpaired) electrons. The molecule has 0 unspecified atom stereocenters. The van der Waals surface area contributed by atoms with Gasteiger partial charge in [0, 0.05) is 17.5 Å². The Morgan fingerprint density at radius 3 is 2.70 bits per heavy atom. The van der Waals surface area contributed by atoms with Crippen LogP contribution in [0.25, 0.3) is 5.69 Å². The number of carbonyl (C=O) groups is 1. The van der Waals surface area contributed by atoms with E-state index in [1.807, 2.05) is 19.9 Å². The second-order valence-electron chi connectivity index (χ2n) is 5.94. The summed E-state index contributed by atoms with van der Waals surface area (Å²) >= 11 is 12.1. The Kier molecular flexibility index (Phi) is 5.68. The Labute approximate surface area is 167 Å². The van der Waals surface area contributed by atoms with E-state index in [1.165, 1.54) is 7.11 Å². The normalized spacial score (nSPS) is 10.7. The number of amides is 1. The number of carbonyl (C=O) groups excluding carboxylic acids is 1. The maximum absolute atomic E-state index is 12.5. The number of methoxy groups -OCH3 is 1. The van der Waals surface area contributed by atoms with Crippen molar-refractivity contribution in [2.75, 3.05) is 12.4 Å². The maximum atomic E-state index is 12.5. The van der Waals surface area contributed by atoms with E-state index >= 15 is 0 Å². The van der Waals surface area contributed by atoms with Gasteiger partial charge in [0.05, 0.1) is 35.0 Å². The fourth-order valence-electron chi connectivity index (χ4n) is 2.78. The number of rotatable bonds is 5. The van der Waals surface area contributed by atoms with Gasteiger partial charge in [-0.25, -0.2) is 9.67 Å². The van der Waals surface area contributed by atoms with Crippen molar-refractivity contribution in [3.05, 3.63) is 63.5 Å². The molecule has 0 atom stereocenters. The monoisotopic (exact) mass is 404 g/mol. The van der Waals surface area contributed by atoms with Crippen molar-refractivity contribution in [2.45, 2.75) is 20.3 Å². The number of aromatic nitrogens is 3. The van der Waals surface area contributed by atoms with Crippen LogP contribution in [0.3, 0.4) is 0 Å². The molecule has 3 aromatic rings. The van der Waals surface area contributed by atoms with E-state index in [4.69, 9.17) is 27.9 Å². The predicted octanol–water partition coefficient (Wildman–Crippen LogP) is 4.38. The van der Waals surface area contributed by atoms with E-state index in [1.54, 1.807) is 35.1 Å². The minimum absolute atomic E-state index is 0.165. The molecule has 0 fully saturated rings. The molecule has 6 nitrogen and oxygen atoms in total. The SMILES string of the molecule is COc1cccnc1NC(=O)Cc1c(C)nn(-c2ccc(Cl)c(Cl)c2)c1C. The molecule has 8 heteroatoms. The number of halogens is 2. The lowest BCUT2D eigenvalue weighted by Crippen LogP contribution is -2.16. The van der Waals surface area contributed by atoms with E-state index in [0.717, 1.165) is 22.6 Å². The summed E-state index contributed by atoms with van der Waals surface area (Å²) in [5.41, 5.74) is 3.24. The van der Waals surface area contributed by atoms with Gasteiger partial charge in [0.1, 0.15) is 0 Å². The van der Waals surface area contributed by atoms with Crippen LogP contribution in [0.15, 0.2) is 36.5 Å². The smallest absolute Gasteiger partial charge is 0.230 e. The Morgan fingerprint density at radius 2 is 2.00 bits per heavy atom. The molecule has 0 spiro atoms. The highest BCUT2D eigenvalue weighted by molar-refractivity contribution is 6.42. The van der Waals surface area contributed by atoms with Crippen molar-refractivity contribution < 1.29 is 9.53 Å². The summed E-state index contributed by atoms with van der Waals surface area (Å²) in [7, 11) is 1.53. The van der Waals surface area contributed by atoms with Gasteiger partial charge in [-0.3, -0.25) is 4.79 Å². The Hall–Kier alpha value is -2.57. The van der Waals surface area contributed by atoms with Crippen LogP contribution in [0, 0.1) is 13.8 Å². The highest BCUT2D eigenvalue weighted by atomic mass is 35.5. The highest BCUT2D eigenvalue weighted by Gasteiger charge is 2.17. The fraction of sp³-hybridized carbons (Fsp3) is 0.211. The first-order valence-corrected chi connectivity index (χ1v) is 8.95. The first-order valence-electron chi connectivity index (χ1n) is 8.20. The molecule has 2 heterocycles. The maximum Gasteiger partial charge on any atom is 0.230 e. The van der Waals surface area contributed by atoms with E-state index in [-0.39, 0.29) is 12.3 Å². The summed E-state index contributed by atoms with van der Waals surface area (Å²) in [5.74, 6) is 0.690. The van der Waals surface area contributed by atoms with Gasteiger partial charge in [-0.2, -0.15) is 5.10 Å². The van der Waals surface area contributed by atoms with Crippen LogP contribution in [-0.2, 0) is 11.2 Å². The molecule has 3 rings (SSSR count). The summed E-state index contributed by atoms with van der Waals surface area (Å²) in [6.07, 6.45) is 1.76. The molecule has 1 amide bonds. The molecule has 1 N–H and O–H groups in total. The van der Waals surface area contributed by atoms with Gasteiger partial charge in [-0.05, 0) is 44.2 Å². The number of hydrogen-bond acceptors (Lipinski definition) is 4. The molecular weight excluding hydrogens is 387 g/mol. The molecule has 0 saturated carbocycles. The second kappa shape index (κ2) is 7.98. The third-order valence-corrected chi connectivity index (χ3v) is 4.91. The van der Waals surface area contributed by atoms with Crippen LogP contribution in [0.5, 0.6) is 5.75 Å². The fourth-order valence-corrected chi connectivity index (χ4v) is 3.08. The molecule has 2 aromatic heterocycles. The minimum atomic E-state index is -0.202. The molecule has 0 aliphatic rings. The zero-order valence-corrected chi connectivity index (χ0v) is 16.6. The van der Waals surface area contributed by atoms with Gasteiger partial charge in [-0.15, -0.1) is 0 Å². The van der Waals surface area contributed by atoms with Crippen molar-refractivity contribution in [1.82, 2.24) is 14.8 Å². The Morgan fingerprint density at radius 1 is 1.22 bits per heavy atom. The molecule has 0 saturated heterocycles. The summed E-state index contributed by atoms with van der Waals surface area (Å²) in [5, 5.41) is 8.24. The van der Waals surface area contributed by atoms with E-state index in [2.05, 4.69) is 15.4 Å². The summed E-state index contributed by atoms with van der Waals surface area (Å²) < 4.78 is 6.96. The molecule has 0 aliphatic heterocycles. The standard InChI is InChI=1S/C19H18Cl2N4O2/c1-11-14(10-18(26)23-19-17(27-3)5-4-8-22-19)12(2)25(24-11)13-6-7-15(20)16(21)9-13/h4-9H,10H2,1-3H3,(H,22,23,26). The van der Waals surface area contributed by atoms with E-state index in [9.17, 15) is 4.79 Å². The third kappa shape index (κ3) is 4.07. The number of ether oxygens (including phenoxy) is 1. The Bertz CT molecular complexity index is 1000. The van der Waals surface area contributed by atoms with Crippen LogP contribution in [-0.4, -0.2) is 27.8 Å². The lowest BCUT2D eigenvalue weighted by Gasteiger charge is -2.09. The largest absolute Gasteiger partial charge is 0.493 e. The predicted molar refractivity (Wildman–Crippen MR) is 106 cm³/mol. The van der Waals surface area contributed by atoms with Gasteiger partial charge in [-0.1, -0.05) is 23.2 Å². The molecule has 0 aliphatic carbocycles. The summed E-state index contributed by atoms with van der Waals surface area (Å²) in [6, 6.07) is 8.77. The lowest BCUT2D eigenvalue weighted by molar-refractivity contribution is -0.115. The average molecular weight is 405 g/mol. The highest BCUT2D eigenvalue weighted by Crippen LogP contribution is 2.26. The van der Waals surface area contributed by atoms with Gasteiger partial charge in [0.2, 0.25) is 5.91 Å². The molecule has 0 bridgehead atoms. The zero-order valence-electron chi connectivity index (χ0n) is 15.1. The van der Waals surface area contributed by atoms with E-state index < -0.39 is 0 Å². The number of hydrogen-bond donors (Lipinski definition) is 1. The number of pyridine rings is 1. The van der Waals surface area contributed by atoms with Crippen molar-refractivity contribution in [3.63, 3.8) is 0 Å². The van der Waals surface area contributed by atoms with Crippen LogP contribution in [0.2, 0.25) is 10.0 Å². The van der Waals surface area contributed by atoms with E-state index in [0.29, 0.717) is 21.6 Å². The van der Waals surface area contributed by atoms with Crippen LogP contribution in [0.4, 0.5) is 5.82 Å². The Balaban J connectivity index is 1.84. The number of benzene rings is 1. The van der Waals surface area contributed by atoms with Crippen LogP contribution < -0.4 is 10.1 Å². The average Bonchev–Trinajstić information content (AvgIpc) is 2.92. The third-order valence-electron chi connectivity index (χ3n) is 4.17. The van der Waals surface area contributed by atoms with Gasteiger partial charge >= 0.3 is 0 Å². The topological polar surface area (TPSA) is 69.0 Å². The number of nitrogens with one attached hydrogen (secondary N) is 1. The first-order chi connectivity index (χ1) is 12.9. The second-order valence-corrected chi connectivity index (χ2v) is 6.75. The van der Waals surface area contributed by atoms with Crippen molar-refractivity contribution >= 4 is 34.9 Å². The van der Waals surface area contributed by atoms with Crippen LogP contribution in [0.1, 0.15) is 17.0 Å². The summed E-state index contributed by atoms with van der Waals surface area (Å²) in [4.78, 5) is 16.7. The number of nitrogens with zero attached hydrogens (tertiary/aromatic N) is 3. The van der Waals surface area contributed by atoms with Crippen molar-refractivity contribution in [3.8, 4) is 11.4 Å². The molecule has 27 heavy (non-hydrogen) atoms. The molecule has 1 aromatic carbocycles. The van der Waals surface area contributed by atoms with Crippen molar-refractivity contribution in [1.29, 1.82) is 0 Å².